The van der Waals surface area contributed by atoms with Crippen molar-refractivity contribution >= 4 is 0 Å². The molecule has 1 heterocycles. The average molecular weight is 180 g/mol. The number of benzene rings is 1. The Morgan fingerprint density at radius 3 is 2.77 bits per heavy atom. The fraction of sp³-hybridized carbons (Fsp3) is 0. The van der Waals surface area contributed by atoms with Gasteiger partial charge in [-0.05, 0) is 22.6 Å². The maximum absolute atomic E-state index is 13.1. The lowest BCUT2D eigenvalue weighted by Crippen LogP contribution is -2.17. The van der Waals surface area contributed by atoms with Crippen LogP contribution in [-0.4, -0.2) is 20.2 Å². The van der Waals surface area contributed by atoms with Gasteiger partial charge in [0.05, 0.1) is 0 Å². The number of tetrazole rings is 1. The normalized spacial score (nSPS) is 10.2. The molecule has 5 nitrogen and oxygen atoms in total. The van der Waals surface area contributed by atoms with Gasteiger partial charge in [0.25, 0.3) is 0 Å². The topological polar surface area (TPSA) is 63.6 Å². The summed E-state index contributed by atoms with van der Waals surface area (Å²) in [6.45, 7) is 0. The standard InChI is InChI=1S/C7H5FN4O/c8-5-3-1-2-4-6(5)12-7(13)9-10-11-12/h1-4H,(H,9,11,13). The molecule has 2 aromatic rings. The van der Waals surface area contributed by atoms with Crippen LogP contribution in [0.15, 0.2) is 29.1 Å². The molecule has 0 aliphatic carbocycles. The molecule has 0 amide bonds. The van der Waals surface area contributed by atoms with E-state index in [4.69, 9.17) is 0 Å². The number of H-pyrrole nitrogens is 1. The quantitative estimate of drug-likeness (QED) is 0.676. The van der Waals surface area contributed by atoms with Crippen LogP contribution in [0.2, 0.25) is 0 Å². The van der Waals surface area contributed by atoms with Crippen molar-refractivity contribution in [1.29, 1.82) is 0 Å². The van der Waals surface area contributed by atoms with E-state index in [0.29, 0.717) is 0 Å². The third-order valence-corrected chi connectivity index (χ3v) is 1.55. The predicted molar refractivity (Wildman–Crippen MR) is 41.9 cm³/mol. The summed E-state index contributed by atoms with van der Waals surface area (Å²) in [5.41, 5.74) is -0.480. The van der Waals surface area contributed by atoms with Crippen molar-refractivity contribution in [2.45, 2.75) is 0 Å². The molecule has 13 heavy (non-hydrogen) atoms. The summed E-state index contributed by atoms with van der Waals surface area (Å²) in [6.07, 6.45) is 0. The Balaban J connectivity index is 2.66. The molecule has 0 unspecified atom stereocenters. The monoisotopic (exact) mass is 180 g/mol. The number of aromatic amines is 1. The van der Waals surface area contributed by atoms with Crippen molar-refractivity contribution in [2.75, 3.05) is 0 Å². The second kappa shape index (κ2) is 2.81. The van der Waals surface area contributed by atoms with Crippen LogP contribution >= 0.6 is 0 Å². The van der Waals surface area contributed by atoms with Gasteiger partial charge in [-0.1, -0.05) is 12.1 Å². The molecule has 0 spiro atoms. The van der Waals surface area contributed by atoms with E-state index in [0.717, 1.165) is 4.68 Å². The summed E-state index contributed by atoms with van der Waals surface area (Å²) in [5.74, 6) is -0.515. The van der Waals surface area contributed by atoms with E-state index in [2.05, 4.69) is 15.5 Å². The molecule has 0 fully saturated rings. The number of rotatable bonds is 1. The van der Waals surface area contributed by atoms with Crippen molar-refractivity contribution in [3.8, 4) is 5.69 Å². The maximum atomic E-state index is 13.1. The Kier molecular flexibility index (Phi) is 1.66. The number of para-hydroxylation sites is 1. The maximum Gasteiger partial charge on any atom is 0.365 e. The third-order valence-electron chi connectivity index (χ3n) is 1.55. The molecule has 1 aromatic carbocycles. The van der Waals surface area contributed by atoms with E-state index in [1.807, 2.05) is 0 Å². The van der Waals surface area contributed by atoms with Crippen LogP contribution in [-0.2, 0) is 0 Å². The lowest BCUT2D eigenvalue weighted by atomic mass is 10.3. The summed E-state index contributed by atoms with van der Waals surface area (Å²) in [6, 6.07) is 5.83. The fourth-order valence-corrected chi connectivity index (χ4v) is 0.979. The van der Waals surface area contributed by atoms with Crippen molar-refractivity contribution in [1.82, 2.24) is 20.2 Å². The van der Waals surface area contributed by atoms with Gasteiger partial charge >= 0.3 is 5.69 Å². The minimum Gasteiger partial charge on any atom is -0.244 e. The van der Waals surface area contributed by atoms with Gasteiger partial charge < -0.3 is 0 Å². The van der Waals surface area contributed by atoms with Crippen LogP contribution in [0.5, 0.6) is 0 Å². The molecule has 1 aromatic heterocycles. The second-order valence-electron chi connectivity index (χ2n) is 2.37. The predicted octanol–water partition coefficient (Wildman–Crippen LogP) is 0.0947. The van der Waals surface area contributed by atoms with E-state index in [-0.39, 0.29) is 5.69 Å². The smallest absolute Gasteiger partial charge is 0.244 e. The van der Waals surface area contributed by atoms with E-state index in [1.165, 1.54) is 18.2 Å². The van der Waals surface area contributed by atoms with Gasteiger partial charge in [0.15, 0.2) is 0 Å². The number of nitrogens with zero attached hydrogens (tertiary/aromatic N) is 3. The third kappa shape index (κ3) is 1.22. The van der Waals surface area contributed by atoms with Crippen molar-refractivity contribution in [3.05, 3.63) is 40.6 Å². The minimum absolute atomic E-state index is 0.0845. The molecular weight excluding hydrogens is 175 g/mol. The first-order valence-electron chi connectivity index (χ1n) is 3.54. The zero-order valence-electron chi connectivity index (χ0n) is 6.44. The number of hydrogen-bond acceptors (Lipinski definition) is 3. The van der Waals surface area contributed by atoms with Crippen LogP contribution in [0, 0.1) is 5.82 Å². The Morgan fingerprint density at radius 2 is 2.15 bits per heavy atom. The zero-order valence-corrected chi connectivity index (χ0v) is 6.44. The number of nitrogens with one attached hydrogen (secondary N) is 1. The van der Waals surface area contributed by atoms with Crippen molar-refractivity contribution < 1.29 is 4.39 Å². The number of hydrogen-bond donors (Lipinski definition) is 1. The van der Waals surface area contributed by atoms with Crippen LogP contribution < -0.4 is 5.69 Å². The molecule has 0 bridgehead atoms. The molecular formula is C7H5FN4O. The molecule has 0 aliphatic heterocycles. The molecule has 0 atom stereocenters. The summed E-state index contributed by atoms with van der Waals surface area (Å²) >= 11 is 0. The van der Waals surface area contributed by atoms with Gasteiger partial charge in [-0.25, -0.2) is 14.3 Å². The molecule has 2 rings (SSSR count). The van der Waals surface area contributed by atoms with Crippen molar-refractivity contribution in [3.63, 3.8) is 0 Å². The summed E-state index contributed by atoms with van der Waals surface area (Å²) in [4.78, 5) is 11.0. The first-order valence-corrected chi connectivity index (χ1v) is 3.54. The molecule has 0 radical (unpaired) electrons. The Hall–Kier alpha value is -1.98. The van der Waals surface area contributed by atoms with Crippen LogP contribution in [0.3, 0.4) is 0 Å². The van der Waals surface area contributed by atoms with E-state index >= 15 is 0 Å². The van der Waals surface area contributed by atoms with Crippen LogP contribution in [0.25, 0.3) is 5.69 Å². The number of aromatic nitrogens is 4. The van der Waals surface area contributed by atoms with Gasteiger partial charge in [0.1, 0.15) is 11.5 Å². The van der Waals surface area contributed by atoms with Gasteiger partial charge in [-0.3, -0.25) is 0 Å². The van der Waals surface area contributed by atoms with Gasteiger partial charge in [-0.2, -0.15) is 4.68 Å². The Labute approximate surface area is 71.8 Å². The SMILES string of the molecule is O=c1[nH]nnn1-c1ccccc1F. The lowest BCUT2D eigenvalue weighted by molar-refractivity contribution is 0.604. The van der Waals surface area contributed by atoms with Gasteiger partial charge in [-0.15, -0.1) is 0 Å². The Morgan fingerprint density at radius 1 is 1.38 bits per heavy atom. The van der Waals surface area contributed by atoms with Gasteiger partial charge in [0.2, 0.25) is 0 Å². The molecule has 0 saturated carbocycles. The second-order valence-corrected chi connectivity index (χ2v) is 2.37. The first-order chi connectivity index (χ1) is 6.29. The van der Waals surface area contributed by atoms with Crippen LogP contribution in [0.4, 0.5) is 4.39 Å². The molecule has 0 aliphatic rings. The van der Waals surface area contributed by atoms with Crippen LogP contribution in [0.1, 0.15) is 0 Å². The average Bonchev–Trinajstić information content (AvgIpc) is 2.52. The highest BCUT2D eigenvalue weighted by Gasteiger charge is 2.06. The van der Waals surface area contributed by atoms with Crippen molar-refractivity contribution in [2.24, 2.45) is 0 Å². The van der Waals surface area contributed by atoms with E-state index in [1.54, 1.807) is 6.07 Å². The van der Waals surface area contributed by atoms with E-state index in [9.17, 15) is 9.18 Å². The highest BCUT2D eigenvalue weighted by Crippen LogP contribution is 2.07. The summed E-state index contributed by atoms with van der Waals surface area (Å²) in [5, 5.41) is 8.73. The van der Waals surface area contributed by atoms with Gasteiger partial charge in [0, 0.05) is 0 Å². The minimum atomic E-state index is -0.565. The van der Waals surface area contributed by atoms with E-state index < -0.39 is 11.5 Å². The summed E-state index contributed by atoms with van der Waals surface area (Å²) < 4.78 is 13.9. The largest absolute Gasteiger partial charge is 0.365 e. The molecule has 0 saturated heterocycles. The highest BCUT2D eigenvalue weighted by molar-refractivity contribution is 5.31. The lowest BCUT2D eigenvalue weighted by Gasteiger charge is -1.97. The molecule has 6 heteroatoms. The Bertz CT molecular complexity index is 475. The first kappa shape index (κ1) is 7.66. The fourth-order valence-electron chi connectivity index (χ4n) is 0.979. The summed E-state index contributed by atoms with van der Waals surface area (Å²) in [7, 11) is 0. The number of halogens is 1. The zero-order chi connectivity index (χ0) is 9.26. The molecule has 66 valence electrons. The highest BCUT2D eigenvalue weighted by atomic mass is 19.1. The molecule has 1 N–H and O–H groups in total.